The van der Waals surface area contributed by atoms with Crippen molar-refractivity contribution in [2.75, 3.05) is 6.61 Å². The highest BCUT2D eigenvalue weighted by atomic mass is 16.7. The highest BCUT2D eigenvalue weighted by Gasteiger charge is 2.51. The van der Waals surface area contributed by atoms with Crippen LogP contribution in [0.4, 0.5) is 0 Å². The van der Waals surface area contributed by atoms with Crippen LogP contribution in [0, 0.1) is 6.92 Å². The fourth-order valence-corrected chi connectivity index (χ4v) is 4.47. The van der Waals surface area contributed by atoms with Crippen LogP contribution in [0.2, 0.25) is 0 Å². The number of aromatic nitrogens is 5. The monoisotopic (exact) mass is 533 g/mol. The van der Waals surface area contributed by atoms with Gasteiger partial charge in [-0.25, -0.2) is 14.4 Å². The molecule has 0 unspecified atom stereocenters. The van der Waals surface area contributed by atoms with E-state index in [2.05, 4.69) is 9.97 Å². The molecule has 3 aromatic rings. The lowest BCUT2D eigenvalue weighted by molar-refractivity contribution is -0.166. The standard InChI is InChI=1S/C23H27N5O10/c1-10-15(7-34-11(2)29)28-21(33)17-20(26(6)23(28)25-10)27(9-24-17)22-19(37-14(5)32)18(36-13(4)31)16(38-22)8-35-12(3)30/h9,16,18-19,22H,7-8H2,1-6H3/t16-,18-,19-,22-/m1/s1. The molecular weight excluding hydrogens is 506 g/mol. The van der Waals surface area contributed by atoms with Crippen LogP contribution >= 0.6 is 0 Å². The van der Waals surface area contributed by atoms with Crippen molar-refractivity contribution in [1.29, 1.82) is 0 Å². The quantitative estimate of drug-likeness (QED) is 0.296. The fraction of sp³-hybridized carbons (Fsp3) is 0.522. The number of carbonyl (C=O) groups is 4. The molecule has 0 amide bonds. The predicted molar refractivity (Wildman–Crippen MR) is 126 cm³/mol. The molecular formula is C23H27N5O10. The third-order valence-corrected chi connectivity index (χ3v) is 5.97. The van der Waals surface area contributed by atoms with Crippen LogP contribution in [-0.2, 0) is 56.5 Å². The van der Waals surface area contributed by atoms with Crippen molar-refractivity contribution in [1.82, 2.24) is 23.5 Å². The Balaban J connectivity index is 1.86. The number of imidazole rings is 2. The molecule has 1 saturated heterocycles. The Hall–Kier alpha value is -4.27. The van der Waals surface area contributed by atoms with E-state index in [9.17, 15) is 24.0 Å². The number of carbonyl (C=O) groups excluding carboxylic acids is 4. The normalized spacial score (nSPS) is 21.0. The van der Waals surface area contributed by atoms with Gasteiger partial charge in [0.05, 0.1) is 17.7 Å². The maximum absolute atomic E-state index is 13.5. The highest BCUT2D eigenvalue weighted by Crippen LogP contribution is 2.36. The molecule has 0 spiro atoms. The zero-order valence-corrected chi connectivity index (χ0v) is 21.6. The topological polar surface area (TPSA) is 172 Å². The third-order valence-electron chi connectivity index (χ3n) is 5.97. The minimum absolute atomic E-state index is 0.0270. The Morgan fingerprint density at radius 1 is 0.974 bits per heavy atom. The summed E-state index contributed by atoms with van der Waals surface area (Å²) in [5.41, 5.74) is 0.634. The first-order valence-corrected chi connectivity index (χ1v) is 11.6. The third kappa shape index (κ3) is 4.83. The minimum atomic E-state index is -1.17. The molecule has 4 rings (SSSR count). The molecule has 3 aromatic heterocycles. The Morgan fingerprint density at radius 2 is 1.61 bits per heavy atom. The maximum Gasteiger partial charge on any atom is 0.303 e. The van der Waals surface area contributed by atoms with Crippen molar-refractivity contribution in [3.63, 3.8) is 0 Å². The fourth-order valence-electron chi connectivity index (χ4n) is 4.47. The minimum Gasteiger partial charge on any atom is -0.463 e. The van der Waals surface area contributed by atoms with Gasteiger partial charge in [-0.15, -0.1) is 0 Å². The number of aryl methyl sites for hydroxylation is 2. The Bertz CT molecular complexity index is 1500. The van der Waals surface area contributed by atoms with Gasteiger partial charge in [-0.1, -0.05) is 0 Å². The second-order valence-electron chi connectivity index (χ2n) is 8.76. The van der Waals surface area contributed by atoms with Gasteiger partial charge in [0.1, 0.15) is 19.3 Å². The van der Waals surface area contributed by atoms with Crippen LogP contribution in [0.5, 0.6) is 0 Å². The Kier molecular flexibility index (Phi) is 7.22. The van der Waals surface area contributed by atoms with Gasteiger partial charge in [0.15, 0.2) is 29.6 Å². The number of hydrogen-bond acceptors (Lipinski definition) is 12. The van der Waals surface area contributed by atoms with E-state index in [1.807, 2.05) is 0 Å². The SMILES string of the molecule is CC(=O)OCc1c(C)nc2n(C)c3c(ncn3[C@@H]3O[C@H](COC(C)=O)[C@@H](OC(C)=O)[C@H]3OC(C)=O)c(=O)n12. The number of nitrogens with zero attached hydrogens (tertiary/aromatic N) is 5. The largest absolute Gasteiger partial charge is 0.463 e. The van der Waals surface area contributed by atoms with Gasteiger partial charge in [-0.2, -0.15) is 0 Å². The molecule has 0 aliphatic carbocycles. The number of hydrogen-bond donors (Lipinski definition) is 0. The first kappa shape index (κ1) is 26.8. The van der Waals surface area contributed by atoms with Gasteiger partial charge in [0.25, 0.3) is 5.56 Å². The molecule has 1 aliphatic heterocycles. The molecule has 38 heavy (non-hydrogen) atoms. The summed E-state index contributed by atoms with van der Waals surface area (Å²) < 4.78 is 31.5. The maximum atomic E-state index is 13.5. The summed E-state index contributed by atoms with van der Waals surface area (Å²) in [7, 11) is 1.65. The number of ether oxygens (including phenoxy) is 5. The Morgan fingerprint density at radius 3 is 2.21 bits per heavy atom. The van der Waals surface area contributed by atoms with Crippen LogP contribution in [0.15, 0.2) is 11.1 Å². The van der Waals surface area contributed by atoms with E-state index in [4.69, 9.17) is 23.7 Å². The van der Waals surface area contributed by atoms with Gasteiger partial charge in [0.2, 0.25) is 5.78 Å². The number of fused-ring (bicyclic) bond motifs is 2. The lowest BCUT2D eigenvalue weighted by atomic mass is 10.1. The van der Waals surface area contributed by atoms with Crippen LogP contribution in [0.3, 0.4) is 0 Å². The van der Waals surface area contributed by atoms with Crippen LogP contribution < -0.4 is 5.56 Å². The van der Waals surface area contributed by atoms with Crippen molar-refractivity contribution in [2.24, 2.45) is 7.05 Å². The smallest absolute Gasteiger partial charge is 0.303 e. The van der Waals surface area contributed by atoms with E-state index in [0.717, 1.165) is 0 Å². The van der Waals surface area contributed by atoms with Crippen molar-refractivity contribution in [3.8, 4) is 0 Å². The summed E-state index contributed by atoms with van der Waals surface area (Å²) in [4.78, 5) is 68.9. The molecule has 1 fully saturated rings. The van der Waals surface area contributed by atoms with Crippen LogP contribution in [0.25, 0.3) is 16.9 Å². The molecule has 15 nitrogen and oxygen atoms in total. The molecule has 204 valence electrons. The van der Waals surface area contributed by atoms with Gasteiger partial charge in [-0.05, 0) is 6.92 Å². The second kappa shape index (κ2) is 10.2. The van der Waals surface area contributed by atoms with Crippen molar-refractivity contribution in [3.05, 3.63) is 28.1 Å². The average Bonchev–Trinajstić information content (AvgIpc) is 3.49. The van der Waals surface area contributed by atoms with Crippen LogP contribution in [-0.4, -0.2) is 72.3 Å². The number of rotatable bonds is 7. The van der Waals surface area contributed by atoms with E-state index in [1.54, 1.807) is 18.5 Å². The zero-order valence-electron chi connectivity index (χ0n) is 21.6. The molecule has 4 atom stereocenters. The highest BCUT2D eigenvalue weighted by molar-refractivity contribution is 5.74. The molecule has 1 aliphatic rings. The first-order valence-electron chi connectivity index (χ1n) is 11.6. The van der Waals surface area contributed by atoms with E-state index in [1.165, 1.54) is 43.0 Å². The van der Waals surface area contributed by atoms with Crippen LogP contribution in [0.1, 0.15) is 45.3 Å². The van der Waals surface area contributed by atoms with Gasteiger partial charge in [-0.3, -0.25) is 33.1 Å². The molecule has 4 heterocycles. The van der Waals surface area contributed by atoms with E-state index in [-0.39, 0.29) is 30.2 Å². The molecule has 0 bridgehead atoms. The van der Waals surface area contributed by atoms with Crippen molar-refractivity contribution >= 4 is 40.8 Å². The first-order chi connectivity index (χ1) is 17.9. The lowest BCUT2D eigenvalue weighted by Crippen LogP contribution is -2.40. The van der Waals surface area contributed by atoms with E-state index in [0.29, 0.717) is 11.4 Å². The molecule has 0 aromatic carbocycles. The summed E-state index contributed by atoms with van der Waals surface area (Å²) in [5, 5.41) is 0. The van der Waals surface area contributed by atoms with Gasteiger partial charge < -0.3 is 23.7 Å². The van der Waals surface area contributed by atoms with Crippen molar-refractivity contribution in [2.45, 2.75) is 65.8 Å². The second-order valence-corrected chi connectivity index (χ2v) is 8.76. The lowest BCUT2D eigenvalue weighted by Gasteiger charge is -2.24. The zero-order chi connectivity index (χ0) is 27.9. The Labute approximate surface area is 215 Å². The van der Waals surface area contributed by atoms with Gasteiger partial charge >= 0.3 is 23.9 Å². The predicted octanol–water partition coefficient (Wildman–Crippen LogP) is 0.0781. The molecule has 0 saturated carbocycles. The molecule has 0 N–H and O–H groups in total. The van der Waals surface area contributed by atoms with E-state index < -0.39 is 54.0 Å². The average molecular weight is 533 g/mol. The summed E-state index contributed by atoms with van der Waals surface area (Å²) in [6.07, 6.45) is -3.06. The van der Waals surface area contributed by atoms with Crippen molar-refractivity contribution < 1.29 is 42.9 Å². The van der Waals surface area contributed by atoms with Gasteiger partial charge in [0, 0.05) is 34.7 Å². The van der Waals surface area contributed by atoms with E-state index >= 15 is 0 Å². The molecule has 0 radical (unpaired) electrons. The molecule has 15 heteroatoms. The summed E-state index contributed by atoms with van der Waals surface area (Å²) in [5.74, 6) is -2.20. The number of esters is 4. The summed E-state index contributed by atoms with van der Waals surface area (Å²) in [6.45, 7) is 6.07. The summed E-state index contributed by atoms with van der Waals surface area (Å²) in [6, 6.07) is 0. The summed E-state index contributed by atoms with van der Waals surface area (Å²) >= 11 is 0.